The summed E-state index contributed by atoms with van der Waals surface area (Å²) >= 11 is 1.72. The monoisotopic (exact) mass is 208 g/mol. The van der Waals surface area contributed by atoms with E-state index in [4.69, 9.17) is 11.5 Å². The Kier molecular flexibility index (Phi) is 2.25. The molecule has 0 aromatic heterocycles. The maximum Gasteiger partial charge on any atom is 0.242 e. The van der Waals surface area contributed by atoms with E-state index in [-0.39, 0.29) is 0 Å². The van der Waals surface area contributed by atoms with Gasteiger partial charge in [-0.25, -0.2) is 0 Å². The van der Waals surface area contributed by atoms with Crippen molar-refractivity contribution in [1.29, 1.82) is 0 Å². The Morgan fingerprint density at radius 1 is 1.43 bits per heavy atom. The lowest BCUT2D eigenvalue weighted by atomic mass is 9.87. The number of rotatable bonds is 1. The largest absolute Gasteiger partial charge is 0.368 e. The van der Waals surface area contributed by atoms with Crippen LogP contribution in [0.15, 0.2) is 29.2 Å². The standard InChI is InChI=1S/C10H12N2OS/c11-9(13)10(12)5-6-14-8-4-2-1-3-7(8)10/h1-4H,5-6,12H2,(H2,11,13). The predicted molar refractivity (Wildman–Crippen MR) is 56.8 cm³/mol. The van der Waals surface area contributed by atoms with E-state index in [0.29, 0.717) is 6.42 Å². The topological polar surface area (TPSA) is 69.1 Å². The van der Waals surface area contributed by atoms with Crippen LogP contribution in [0.2, 0.25) is 0 Å². The summed E-state index contributed by atoms with van der Waals surface area (Å²) in [5.41, 5.74) is 11.3. The number of amides is 1. The number of hydrogen-bond acceptors (Lipinski definition) is 3. The zero-order valence-electron chi connectivity index (χ0n) is 7.69. The second-order valence-electron chi connectivity index (χ2n) is 3.43. The van der Waals surface area contributed by atoms with E-state index in [1.165, 1.54) is 0 Å². The molecule has 1 atom stereocenters. The predicted octanol–water partition coefficient (Wildman–Crippen LogP) is 0.822. The van der Waals surface area contributed by atoms with E-state index < -0.39 is 11.4 Å². The Balaban J connectivity index is 2.55. The fraction of sp³-hybridized carbons (Fsp3) is 0.300. The molecule has 0 fully saturated rings. The fourth-order valence-electron chi connectivity index (χ4n) is 1.67. The minimum Gasteiger partial charge on any atom is -0.368 e. The van der Waals surface area contributed by atoms with Crippen LogP contribution in [0, 0.1) is 0 Å². The molecule has 1 aromatic carbocycles. The molecule has 0 radical (unpaired) electrons. The van der Waals surface area contributed by atoms with Crippen LogP contribution in [0.3, 0.4) is 0 Å². The van der Waals surface area contributed by atoms with Crippen LogP contribution in [0.4, 0.5) is 0 Å². The van der Waals surface area contributed by atoms with Crippen LogP contribution in [-0.4, -0.2) is 11.7 Å². The molecule has 0 spiro atoms. The summed E-state index contributed by atoms with van der Waals surface area (Å²) < 4.78 is 0. The van der Waals surface area contributed by atoms with Crippen molar-refractivity contribution in [2.75, 3.05) is 5.75 Å². The molecule has 2 rings (SSSR count). The molecule has 1 amide bonds. The van der Waals surface area contributed by atoms with Gasteiger partial charge in [-0.3, -0.25) is 4.79 Å². The van der Waals surface area contributed by atoms with Crippen LogP contribution in [-0.2, 0) is 10.3 Å². The molecule has 4 heteroatoms. The molecule has 1 unspecified atom stereocenters. The Morgan fingerprint density at radius 2 is 2.14 bits per heavy atom. The number of primary amides is 1. The number of thioether (sulfide) groups is 1. The number of carbonyl (C=O) groups is 1. The maximum atomic E-state index is 11.3. The first kappa shape index (κ1) is 9.55. The van der Waals surface area contributed by atoms with Gasteiger partial charge < -0.3 is 11.5 Å². The Hall–Kier alpha value is -1.00. The number of benzene rings is 1. The van der Waals surface area contributed by atoms with Crippen molar-refractivity contribution in [2.45, 2.75) is 16.9 Å². The van der Waals surface area contributed by atoms with Crippen molar-refractivity contribution < 1.29 is 4.79 Å². The van der Waals surface area contributed by atoms with Gasteiger partial charge in [-0.05, 0) is 18.1 Å². The van der Waals surface area contributed by atoms with Crippen molar-refractivity contribution in [3.05, 3.63) is 29.8 Å². The summed E-state index contributed by atoms with van der Waals surface area (Å²) in [5.74, 6) is 0.404. The molecule has 1 aromatic rings. The molecule has 0 saturated carbocycles. The number of nitrogens with two attached hydrogens (primary N) is 2. The lowest BCUT2D eigenvalue weighted by Crippen LogP contribution is -2.50. The van der Waals surface area contributed by atoms with Gasteiger partial charge in [0.2, 0.25) is 5.91 Å². The highest BCUT2D eigenvalue weighted by Gasteiger charge is 2.38. The van der Waals surface area contributed by atoms with Crippen molar-refractivity contribution in [3.8, 4) is 0 Å². The summed E-state index contributed by atoms with van der Waals surface area (Å²) in [5, 5.41) is 0. The smallest absolute Gasteiger partial charge is 0.242 e. The van der Waals surface area contributed by atoms with Crippen molar-refractivity contribution in [1.82, 2.24) is 0 Å². The van der Waals surface area contributed by atoms with E-state index in [2.05, 4.69) is 0 Å². The molecule has 74 valence electrons. The molecule has 1 heterocycles. The lowest BCUT2D eigenvalue weighted by Gasteiger charge is -2.32. The summed E-state index contributed by atoms with van der Waals surface area (Å²) in [6.45, 7) is 0. The number of hydrogen-bond donors (Lipinski definition) is 2. The Labute approximate surface area is 86.8 Å². The third-order valence-electron chi connectivity index (χ3n) is 2.56. The van der Waals surface area contributed by atoms with Crippen LogP contribution < -0.4 is 11.5 Å². The second-order valence-corrected chi connectivity index (χ2v) is 4.57. The third-order valence-corrected chi connectivity index (χ3v) is 3.64. The van der Waals surface area contributed by atoms with E-state index in [1.807, 2.05) is 24.3 Å². The van der Waals surface area contributed by atoms with Gasteiger partial charge >= 0.3 is 0 Å². The molecule has 0 saturated heterocycles. The molecule has 0 bridgehead atoms. The zero-order valence-corrected chi connectivity index (χ0v) is 8.51. The number of carbonyl (C=O) groups excluding carboxylic acids is 1. The summed E-state index contributed by atoms with van der Waals surface area (Å²) in [4.78, 5) is 12.4. The average Bonchev–Trinajstić information content (AvgIpc) is 2.18. The van der Waals surface area contributed by atoms with Gasteiger partial charge in [-0.15, -0.1) is 11.8 Å². The first-order valence-corrected chi connectivity index (χ1v) is 5.44. The van der Waals surface area contributed by atoms with Crippen LogP contribution in [0.25, 0.3) is 0 Å². The second kappa shape index (κ2) is 3.29. The van der Waals surface area contributed by atoms with Gasteiger partial charge in [-0.1, -0.05) is 18.2 Å². The van der Waals surface area contributed by atoms with Crippen molar-refractivity contribution >= 4 is 17.7 Å². The normalized spacial score (nSPS) is 25.5. The number of fused-ring (bicyclic) bond motifs is 1. The highest BCUT2D eigenvalue weighted by atomic mass is 32.2. The summed E-state index contributed by atoms with van der Waals surface area (Å²) in [6.07, 6.45) is 0.615. The quantitative estimate of drug-likeness (QED) is 0.718. The fourth-order valence-corrected chi connectivity index (χ4v) is 2.90. The maximum absolute atomic E-state index is 11.3. The first-order chi connectivity index (χ1) is 6.64. The Bertz CT molecular complexity index is 380. The van der Waals surface area contributed by atoms with Gasteiger partial charge in [-0.2, -0.15) is 0 Å². The Morgan fingerprint density at radius 3 is 2.86 bits per heavy atom. The zero-order chi connectivity index (χ0) is 10.2. The SMILES string of the molecule is NC(=O)C1(N)CCSc2ccccc21. The molecule has 0 aliphatic carbocycles. The van der Waals surface area contributed by atoms with Crippen LogP contribution >= 0.6 is 11.8 Å². The molecule has 3 nitrogen and oxygen atoms in total. The van der Waals surface area contributed by atoms with E-state index in [1.54, 1.807) is 11.8 Å². The van der Waals surface area contributed by atoms with E-state index >= 15 is 0 Å². The average molecular weight is 208 g/mol. The molecule has 1 aliphatic heterocycles. The van der Waals surface area contributed by atoms with Gasteiger partial charge in [0, 0.05) is 10.6 Å². The minimum absolute atomic E-state index is 0.440. The van der Waals surface area contributed by atoms with Gasteiger partial charge in [0.15, 0.2) is 0 Å². The molecular weight excluding hydrogens is 196 g/mol. The minimum atomic E-state index is -0.970. The van der Waals surface area contributed by atoms with Crippen molar-refractivity contribution in [2.24, 2.45) is 11.5 Å². The lowest BCUT2D eigenvalue weighted by molar-refractivity contribution is -0.123. The van der Waals surface area contributed by atoms with Crippen LogP contribution in [0.5, 0.6) is 0 Å². The molecule has 4 N–H and O–H groups in total. The van der Waals surface area contributed by atoms with Crippen LogP contribution in [0.1, 0.15) is 12.0 Å². The molecule has 14 heavy (non-hydrogen) atoms. The van der Waals surface area contributed by atoms with Gasteiger partial charge in [0.1, 0.15) is 5.54 Å². The van der Waals surface area contributed by atoms with Crippen molar-refractivity contribution in [3.63, 3.8) is 0 Å². The molecule has 1 aliphatic rings. The highest BCUT2D eigenvalue weighted by molar-refractivity contribution is 7.99. The third kappa shape index (κ3) is 1.31. The first-order valence-electron chi connectivity index (χ1n) is 4.46. The van der Waals surface area contributed by atoms with E-state index in [9.17, 15) is 4.79 Å². The summed E-state index contributed by atoms with van der Waals surface area (Å²) in [6, 6.07) is 7.68. The van der Waals surface area contributed by atoms with E-state index in [0.717, 1.165) is 16.2 Å². The molecular formula is C10H12N2OS. The summed E-state index contributed by atoms with van der Waals surface area (Å²) in [7, 11) is 0. The van der Waals surface area contributed by atoms with Gasteiger partial charge in [0.25, 0.3) is 0 Å². The highest BCUT2D eigenvalue weighted by Crippen LogP contribution is 2.38. The van der Waals surface area contributed by atoms with Gasteiger partial charge in [0.05, 0.1) is 0 Å².